The molecule has 0 bridgehead atoms. The summed E-state index contributed by atoms with van der Waals surface area (Å²) in [6, 6.07) is 0. The van der Waals surface area contributed by atoms with Crippen LogP contribution in [0.15, 0.2) is 0 Å². The van der Waals surface area contributed by atoms with Gasteiger partial charge in [-0.05, 0) is 50.4 Å². The number of aliphatic hydroxyl groups excluding tert-OH is 1. The highest BCUT2D eigenvalue weighted by molar-refractivity contribution is 4.82. The largest absolute Gasteiger partial charge is 0.393 e. The van der Waals surface area contributed by atoms with E-state index in [-0.39, 0.29) is 24.9 Å². The Labute approximate surface area is 100 Å². The maximum Gasteiger partial charge on any atom is 0.391 e. The normalized spacial score (nSPS) is 32.5. The van der Waals surface area contributed by atoms with Crippen molar-refractivity contribution in [3.63, 3.8) is 0 Å². The predicted molar refractivity (Wildman–Crippen MR) is 59.5 cm³/mol. The molecule has 4 heteroatoms. The van der Waals surface area contributed by atoms with Gasteiger partial charge in [0.05, 0.1) is 12.0 Å². The molecule has 1 nitrogen and oxygen atoms in total. The van der Waals surface area contributed by atoms with Gasteiger partial charge in [-0.15, -0.1) is 0 Å². The van der Waals surface area contributed by atoms with Gasteiger partial charge in [0, 0.05) is 0 Å². The highest BCUT2D eigenvalue weighted by Crippen LogP contribution is 2.41. The Bertz CT molecular complexity index is 240. The van der Waals surface area contributed by atoms with Gasteiger partial charge >= 0.3 is 6.18 Å². The Morgan fingerprint density at radius 2 is 1.59 bits per heavy atom. The van der Waals surface area contributed by atoms with Crippen molar-refractivity contribution >= 4 is 0 Å². The minimum absolute atomic E-state index is 0.104. The summed E-state index contributed by atoms with van der Waals surface area (Å²) in [6.07, 6.45) is 1.46. The minimum atomic E-state index is -4.04. The summed E-state index contributed by atoms with van der Waals surface area (Å²) < 4.78 is 37.4. The Hall–Kier alpha value is -0.250. The van der Waals surface area contributed by atoms with Gasteiger partial charge in [0.1, 0.15) is 0 Å². The molecule has 1 atom stereocenters. The van der Waals surface area contributed by atoms with E-state index < -0.39 is 12.1 Å². The zero-order valence-electron chi connectivity index (χ0n) is 10.0. The predicted octanol–water partition coefficient (Wildman–Crippen LogP) is 3.91. The van der Waals surface area contributed by atoms with Crippen LogP contribution < -0.4 is 0 Å². The second-order valence-electron chi connectivity index (χ2n) is 5.74. The maximum atomic E-state index is 12.5. The van der Waals surface area contributed by atoms with E-state index in [1.165, 1.54) is 12.8 Å². The quantitative estimate of drug-likeness (QED) is 0.802. The zero-order chi connectivity index (χ0) is 12.5. The Balaban J connectivity index is 1.70. The minimum Gasteiger partial charge on any atom is -0.393 e. The van der Waals surface area contributed by atoms with Gasteiger partial charge in [-0.1, -0.05) is 12.8 Å². The molecule has 0 radical (unpaired) electrons. The van der Waals surface area contributed by atoms with Crippen LogP contribution in [0.25, 0.3) is 0 Å². The Morgan fingerprint density at radius 1 is 1.00 bits per heavy atom. The van der Waals surface area contributed by atoms with Crippen LogP contribution in [0.1, 0.15) is 51.4 Å². The van der Waals surface area contributed by atoms with Crippen LogP contribution in [-0.4, -0.2) is 17.4 Å². The maximum absolute atomic E-state index is 12.5. The summed E-state index contributed by atoms with van der Waals surface area (Å²) in [6.45, 7) is 0. The summed E-state index contributed by atoms with van der Waals surface area (Å²) >= 11 is 0. The van der Waals surface area contributed by atoms with Crippen molar-refractivity contribution in [3.8, 4) is 0 Å². The third-order valence-corrected chi connectivity index (χ3v) is 4.35. The van der Waals surface area contributed by atoms with Gasteiger partial charge in [0.15, 0.2) is 0 Å². The third kappa shape index (κ3) is 3.87. The molecule has 0 amide bonds. The summed E-state index contributed by atoms with van der Waals surface area (Å²) in [5, 5.41) is 9.96. The first-order valence-corrected chi connectivity index (χ1v) is 6.71. The SMILES string of the molecule is OC(CCC1CC1)C1CCC(C(F)(F)F)CC1. The molecule has 0 aromatic carbocycles. The number of alkyl halides is 3. The molecule has 100 valence electrons. The molecule has 0 aromatic rings. The monoisotopic (exact) mass is 250 g/mol. The van der Waals surface area contributed by atoms with E-state index in [9.17, 15) is 18.3 Å². The van der Waals surface area contributed by atoms with Crippen LogP contribution >= 0.6 is 0 Å². The van der Waals surface area contributed by atoms with Crippen LogP contribution in [-0.2, 0) is 0 Å². The fourth-order valence-corrected chi connectivity index (χ4v) is 2.88. The highest BCUT2D eigenvalue weighted by atomic mass is 19.4. The van der Waals surface area contributed by atoms with Gasteiger partial charge in [0.2, 0.25) is 0 Å². The first-order valence-electron chi connectivity index (χ1n) is 6.71. The van der Waals surface area contributed by atoms with E-state index in [0.717, 1.165) is 18.8 Å². The number of hydrogen-bond acceptors (Lipinski definition) is 1. The molecule has 0 spiro atoms. The van der Waals surface area contributed by atoms with Crippen molar-refractivity contribution < 1.29 is 18.3 Å². The molecule has 0 aliphatic heterocycles. The molecule has 2 rings (SSSR count). The molecule has 2 aliphatic carbocycles. The van der Waals surface area contributed by atoms with E-state index in [2.05, 4.69) is 0 Å². The number of aliphatic hydroxyl groups is 1. The van der Waals surface area contributed by atoms with Crippen molar-refractivity contribution in [1.29, 1.82) is 0 Å². The summed E-state index contributed by atoms with van der Waals surface area (Å²) in [5.41, 5.74) is 0. The fourth-order valence-electron chi connectivity index (χ4n) is 2.88. The van der Waals surface area contributed by atoms with Gasteiger partial charge in [-0.2, -0.15) is 13.2 Å². The lowest BCUT2D eigenvalue weighted by Crippen LogP contribution is -2.32. The molecule has 0 saturated heterocycles. The Kier molecular flexibility index (Phi) is 4.01. The average molecular weight is 250 g/mol. The Morgan fingerprint density at radius 3 is 2.06 bits per heavy atom. The van der Waals surface area contributed by atoms with Crippen molar-refractivity contribution in [3.05, 3.63) is 0 Å². The van der Waals surface area contributed by atoms with Crippen molar-refractivity contribution in [2.45, 2.75) is 63.6 Å². The highest BCUT2D eigenvalue weighted by Gasteiger charge is 2.42. The molecule has 2 fully saturated rings. The van der Waals surface area contributed by atoms with E-state index in [1.807, 2.05) is 0 Å². The van der Waals surface area contributed by atoms with Crippen molar-refractivity contribution in [1.82, 2.24) is 0 Å². The number of halogens is 3. The molecule has 17 heavy (non-hydrogen) atoms. The molecule has 0 heterocycles. The second-order valence-corrected chi connectivity index (χ2v) is 5.74. The van der Waals surface area contributed by atoms with Crippen LogP contribution in [0.2, 0.25) is 0 Å². The van der Waals surface area contributed by atoms with E-state index in [4.69, 9.17) is 0 Å². The molecule has 2 aliphatic rings. The molecular formula is C13H21F3O. The van der Waals surface area contributed by atoms with E-state index in [0.29, 0.717) is 12.8 Å². The lowest BCUT2D eigenvalue weighted by molar-refractivity contribution is -0.185. The summed E-state index contributed by atoms with van der Waals surface area (Å²) in [5.74, 6) is -0.238. The van der Waals surface area contributed by atoms with E-state index in [1.54, 1.807) is 0 Å². The molecule has 1 unspecified atom stereocenters. The number of rotatable bonds is 4. The smallest absolute Gasteiger partial charge is 0.391 e. The van der Waals surface area contributed by atoms with Crippen LogP contribution in [0.5, 0.6) is 0 Å². The van der Waals surface area contributed by atoms with Crippen molar-refractivity contribution in [2.75, 3.05) is 0 Å². The standard InChI is InChI=1S/C13H21F3O/c14-13(15,16)11-6-4-10(5-7-11)12(17)8-3-9-1-2-9/h9-12,17H,1-8H2. The third-order valence-electron chi connectivity index (χ3n) is 4.35. The van der Waals surface area contributed by atoms with Gasteiger partial charge in [-0.25, -0.2) is 0 Å². The van der Waals surface area contributed by atoms with Gasteiger partial charge in [-0.3, -0.25) is 0 Å². The summed E-state index contributed by atoms with van der Waals surface area (Å²) in [4.78, 5) is 0. The lowest BCUT2D eigenvalue weighted by atomic mass is 9.78. The zero-order valence-corrected chi connectivity index (χ0v) is 10.0. The van der Waals surface area contributed by atoms with Crippen LogP contribution in [0.3, 0.4) is 0 Å². The lowest BCUT2D eigenvalue weighted by Gasteiger charge is -2.32. The molecular weight excluding hydrogens is 229 g/mol. The second kappa shape index (κ2) is 5.17. The van der Waals surface area contributed by atoms with Crippen molar-refractivity contribution in [2.24, 2.45) is 17.8 Å². The van der Waals surface area contributed by atoms with Gasteiger partial charge in [0.25, 0.3) is 0 Å². The van der Waals surface area contributed by atoms with Crippen LogP contribution in [0, 0.1) is 17.8 Å². The molecule has 1 N–H and O–H groups in total. The first-order chi connectivity index (χ1) is 7.97. The molecule has 0 aromatic heterocycles. The fraction of sp³-hybridized carbons (Fsp3) is 1.00. The van der Waals surface area contributed by atoms with Crippen LogP contribution in [0.4, 0.5) is 13.2 Å². The average Bonchev–Trinajstić information content (AvgIpc) is 3.09. The number of hydrogen-bond donors (Lipinski definition) is 1. The summed E-state index contributed by atoms with van der Waals surface area (Å²) in [7, 11) is 0. The first kappa shape index (κ1) is 13.2. The topological polar surface area (TPSA) is 20.2 Å². The van der Waals surface area contributed by atoms with Gasteiger partial charge < -0.3 is 5.11 Å². The molecule has 2 saturated carbocycles. The van der Waals surface area contributed by atoms with E-state index >= 15 is 0 Å².